The molecule has 0 aliphatic carbocycles. The lowest BCUT2D eigenvalue weighted by atomic mass is 10.3. The average molecular weight is 168 g/mol. The third kappa shape index (κ3) is 1.95. The number of anilines is 1. The molecule has 0 spiro atoms. The summed E-state index contributed by atoms with van der Waals surface area (Å²) in [5.41, 5.74) is 0.291. The van der Waals surface area contributed by atoms with Crippen LogP contribution in [0.2, 0.25) is 0 Å². The van der Waals surface area contributed by atoms with E-state index in [2.05, 4.69) is 5.32 Å². The van der Waals surface area contributed by atoms with Gasteiger partial charge in [0.2, 0.25) is 5.91 Å². The van der Waals surface area contributed by atoms with Gasteiger partial charge in [0.25, 0.3) is 0 Å². The van der Waals surface area contributed by atoms with E-state index in [0.29, 0.717) is 5.69 Å². The number of carbonyl (C=O) groups is 1. The molecule has 1 aromatic carbocycles. The highest BCUT2D eigenvalue weighted by atomic mass is 19.1. The van der Waals surface area contributed by atoms with E-state index >= 15 is 0 Å². The number of rotatable bonds is 1. The quantitative estimate of drug-likeness (QED) is 0.676. The van der Waals surface area contributed by atoms with Crippen molar-refractivity contribution >= 4 is 11.6 Å². The summed E-state index contributed by atoms with van der Waals surface area (Å²) >= 11 is 0. The summed E-state index contributed by atoms with van der Waals surface area (Å²) in [7, 11) is 0. The second kappa shape index (κ2) is 3.21. The lowest BCUT2D eigenvalue weighted by Crippen LogP contribution is -2.06. The fourth-order valence-corrected chi connectivity index (χ4v) is 0.782. The third-order valence-corrected chi connectivity index (χ3v) is 1.25. The summed E-state index contributed by atoms with van der Waals surface area (Å²) < 4.78 is 12.6. The van der Waals surface area contributed by atoms with E-state index in [1.165, 1.54) is 13.0 Å². The van der Waals surface area contributed by atoms with Gasteiger partial charge in [-0.2, -0.15) is 0 Å². The van der Waals surface area contributed by atoms with E-state index in [0.717, 1.165) is 12.1 Å². The Kier molecular flexibility index (Phi) is 2.28. The van der Waals surface area contributed by atoms with Gasteiger partial charge in [0.1, 0.15) is 5.82 Å². The molecule has 0 aliphatic rings. The van der Waals surface area contributed by atoms with Gasteiger partial charge in [0, 0.05) is 12.6 Å². The molecular weight excluding hydrogens is 161 g/mol. The van der Waals surface area contributed by atoms with Crippen LogP contribution < -0.4 is 10.4 Å². The smallest absolute Gasteiger partial charge is 0.221 e. The van der Waals surface area contributed by atoms with Crippen LogP contribution in [0.3, 0.4) is 0 Å². The maximum absolute atomic E-state index is 12.6. The molecule has 0 unspecified atom stereocenters. The molecule has 0 atom stereocenters. The second-order valence-electron chi connectivity index (χ2n) is 2.33. The SMILES string of the molecule is CC(=O)Nc1ccc([O-])c(F)c1. The first-order valence-corrected chi connectivity index (χ1v) is 3.34. The molecule has 1 rings (SSSR count). The topological polar surface area (TPSA) is 52.2 Å². The summed E-state index contributed by atoms with van der Waals surface area (Å²) in [5, 5.41) is 12.9. The molecule has 0 radical (unpaired) electrons. The van der Waals surface area contributed by atoms with E-state index in [9.17, 15) is 14.3 Å². The van der Waals surface area contributed by atoms with Crippen LogP contribution >= 0.6 is 0 Å². The Morgan fingerprint density at radius 2 is 2.25 bits per heavy atom. The Morgan fingerprint density at radius 3 is 2.75 bits per heavy atom. The maximum atomic E-state index is 12.6. The van der Waals surface area contributed by atoms with Crippen molar-refractivity contribution in [1.82, 2.24) is 0 Å². The van der Waals surface area contributed by atoms with Gasteiger partial charge >= 0.3 is 0 Å². The number of halogens is 1. The lowest BCUT2D eigenvalue weighted by Gasteiger charge is -2.08. The Morgan fingerprint density at radius 1 is 1.58 bits per heavy atom. The highest BCUT2D eigenvalue weighted by Crippen LogP contribution is 2.16. The van der Waals surface area contributed by atoms with Gasteiger partial charge in [-0.1, -0.05) is 11.8 Å². The lowest BCUT2D eigenvalue weighted by molar-refractivity contribution is -0.272. The van der Waals surface area contributed by atoms with Crippen molar-refractivity contribution in [1.29, 1.82) is 0 Å². The molecule has 3 nitrogen and oxygen atoms in total. The average Bonchev–Trinajstić information content (AvgIpc) is 1.96. The van der Waals surface area contributed by atoms with Crippen molar-refractivity contribution in [2.24, 2.45) is 0 Å². The Hall–Kier alpha value is -1.58. The van der Waals surface area contributed by atoms with Crippen LogP contribution in [0.15, 0.2) is 18.2 Å². The highest BCUT2D eigenvalue weighted by molar-refractivity contribution is 5.88. The minimum absolute atomic E-state index is 0.291. The van der Waals surface area contributed by atoms with Crippen molar-refractivity contribution in [2.45, 2.75) is 6.92 Å². The van der Waals surface area contributed by atoms with Crippen molar-refractivity contribution < 1.29 is 14.3 Å². The van der Waals surface area contributed by atoms with E-state index in [4.69, 9.17) is 0 Å². The van der Waals surface area contributed by atoms with Crippen LogP contribution in [-0.4, -0.2) is 5.91 Å². The monoisotopic (exact) mass is 168 g/mol. The maximum Gasteiger partial charge on any atom is 0.221 e. The first kappa shape index (κ1) is 8.52. The molecule has 0 fully saturated rings. The number of amides is 1. The van der Waals surface area contributed by atoms with Crippen molar-refractivity contribution in [3.05, 3.63) is 24.0 Å². The van der Waals surface area contributed by atoms with E-state index < -0.39 is 11.6 Å². The molecule has 12 heavy (non-hydrogen) atoms. The molecule has 1 amide bonds. The van der Waals surface area contributed by atoms with Crippen LogP contribution in [-0.2, 0) is 4.79 Å². The van der Waals surface area contributed by atoms with Crippen LogP contribution in [0.25, 0.3) is 0 Å². The minimum atomic E-state index is -0.860. The standard InChI is InChI=1S/C8H8FNO2/c1-5(11)10-6-2-3-8(12)7(9)4-6/h2-4,12H,1H3,(H,10,11)/p-1. The third-order valence-electron chi connectivity index (χ3n) is 1.25. The molecule has 0 saturated carbocycles. The van der Waals surface area contributed by atoms with Crippen molar-refractivity contribution in [2.75, 3.05) is 5.32 Å². The van der Waals surface area contributed by atoms with Gasteiger partial charge in [0.05, 0.1) is 0 Å². The summed E-state index contributed by atoms with van der Waals surface area (Å²) in [5.74, 6) is -1.83. The van der Waals surface area contributed by atoms with Crippen LogP contribution in [0.4, 0.5) is 10.1 Å². The molecule has 0 saturated heterocycles. The van der Waals surface area contributed by atoms with Crippen LogP contribution in [0.1, 0.15) is 6.92 Å². The summed E-state index contributed by atoms with van der Waals surface area (Å²) in [4.78, 5) is 10.5. The zero-order valence-electron chi connectivity index (χ0n) is 6.43. The Balaban J connectivity index is 2.89. The second-order valence-corrected chi connectivity index (χ2v) is 2.33. The zero-order valence-corrected chi connectivity index (χ0v) is 6.43. The molecule has 1 N–H and O–H groups in total. The molecule has 1 aromatic rings. The van der Waals surface area contributed by atoms with Gasteiger partial charge in [0.15, 0.2) is 0 Å². The summed E-state index contributed by atoms with van der Waals surface area (Å²) in [6.07, 6.45) is 0. The first-order valence-electron chi connectivity index (χ1n) is 3.34. The van der Waals surface area contributed by atoms with E-state index in [1.54, 1.807) is 0 Å². The number of benzene rings is 1. The van der Waals surface area contributed by atoms with Crippen LogP contribution in [0, 0.1) is 5.82 Å². The molecule has 64 valence electrons. The van der Waals surface area contributed by atoms with Crippen molar-refractivity contribution in [3.63, 3.8) is 0 Å². The first-order chi connectivity index (χ1) is 5.59. The molecule has 0 heterocycles. The van der Waals surface area contributed by atoms with Gasteiger partial charge in [-0.3, -0.25) is 4.79 Å². The normalized spacial score (nSPS) is 9.50. The fourth-order valence-electron chi connectivity index (χ4n) is 0.782. The van der Waals surface area contributed by atoms with E-state index in [1.807, 2.05) is 0 Å². The highest BCUT2D eigenvalue weighted by Gasteiger charge is 1.97. The fraction of sp³-hybridized carbons (Fsp3) is 0.125. The number of nitrogens with one attached hydrogen (secondary N) is 1. The summed E-state index contributed by atoms with van der Waals surface area (Å²) in [6, 6.07) is 3.41. The number of hydrogen-bond acceptors (Lipinski definition) is 2. The number of carbonyl (C=O) groups excluding carboxylic acids is 1. The van der Waals surface area contributed by atoms with Gasteiger partial charge in [-0.15, -0.1) is 0 Å². The Bertz CT molecular complexity index is 312. The number of hydrogen-bond donors (Lipinski definition) is 1. The molecule has 0 aliphatic heterocycles. The molecular formula is C8H7FNO2-. The van der Waals surface area contributed by atoms with Gasteiger partial charge in [-0.05, 0) is 12.1 Å². The van der Waals surface area contributed by atoms with Gasteiger partial charge < -0.3 is 10.4 Å². The largest absolute Gasteiger partial charge is 0.870 e. The van der Waals surface area contributed by atoms with E-state index in [-0.39, 0.29) is 5.91 Å². The molecule has 4 heteroatoms. The molecule has 0 aromatic heterocycles. The molecule has 0 bridgehead atoms. The summed E-state index contributed by atoms with van der Waals surface area (Å²) in [6.45, 7) is 1.31. The predicted molar refractivity (Wildman–Crippen MR) is 40.1 cm³/mol. The zero-order chi connectivity index (χ0) is 9.14. The van der Waals surface area contributed by atoms with Crippen molar-refractivity contribution in [3.8, 4) is 5.75 Å². The van der Waals surface area contributed by atoms with Gasteiger partial charge in [-0.25, -0.2) is 4.39 Å². The minimum Gasteiger partial charge on any atom is -0.870 e. The Labute approximate surface area is 68.8 Å². The van der Waals surface area contributed by atoms with Crippen LogP contribution in [0.5, 0.6) is 5.75 Å². The predicted octanol–water partition coefficient (Wildman–Crippen LogP) is 0.858.